The maximum atomic E-state index is 14.0. The summed E-state index contributed by atoms with van der Waals surface area (Å²) in [5.74, 6) is -1.91. The Balaban J connectivity index is 1.67. The van der Waals surface area contributed by atoms with Gasteiger partial charge in [0.15, 0.2) is 0 Å². The summed E-state index contributed by atoms with van der Waals surface area (Å²) in [6.45, 7) is 2.06. The van der Waals surface area contributed by atoms with Crippen molar-refractivity contribution in [3.8, 4) is 5.88 Å². The smallest absolute Gasteiger partial charge is 0.345 e. The molecular weight excluding hydrogens is 392 g/mol. The van der Waals surface area contributed by atoms with Crippen LogP contribution in [0.15, 0.2) is 48.7 Å². The number of rotatable bonds is 6. The molecule has 0 saturated heterocycles. The standard InChI is InChI=1S/C22H19F2N3O3/c1-2-29-21(28)15-12-25-22(27-11-10-14-6-3-4-9-19(14)27)26-20(15)30-13-16-17(23)7-5-8-18(16)24/h3-9,12H,2,10-11,13H2,1H3. The highest BCUT2D eigenvalue weighted by molar-refractivity contribution is 5.91. The van der Waals surface area contributed by atoms with Crippen LogP contribution in [0.25, 0.3) is 0 Å². The highest BCUT2D eigenvalue weighted by Crippen LogP contribution is 2.33. The van der Waals surface area contributed by atoms with Crippen LogP contribution in [0.1, 0.15) is 28.4 Å². The fourth-order valence-corrected chi connectivity index (χ4v) is 3.30. The quantitative estimate of drug-likeness (QED) is 0.567. The van der Waals surface area contributed by atoms with Gasteiger partial charge in [-0.3, -0.25) is 0 Å². The molecule has 1 aromatic heterocycles. The van der Waals surface area contributed by atoms with Gasteiger partial charge in [0.1, 0.15) is 23.8 Å². The summed E-state index contributed by atoms with van der Waals surface area (Å²) in [4.78, 5) is 22.9. The second kappa shape index (κ2) is 8.44. The van der Waals surface area contributed by atoms with Crippen molar-refractivity contribution in [2.75, 3.05) is 18.1 Å². The normalized spacial score (nSPS) is 12.6. The molecule has 0 bridgehead atoms. The lowest BCUT2D eigenvalue weighted by Gasteiger charge is -2.19. The fraction of sp³-hybridized carbons (Fsp3) is 0.227. The minimum Gasteiger partial charge on any atom is -0.472 e. The van der Waals surface area contributed by atoms with Gasteiger partial charge in [-0.25, -0.2) is 18.6 Å². The summed E-state index contributed by atoms with van der Waals surface area (Å²) in [5, 5.41) is 0. The van der Waals surface area contributed by atoms with Crippen LogP contribution in [0, 0.1) is 11.6 Å². The number of hydrogen-bond acceptors (Lipinski definition) is 6. The van der Waals surface area contributed by atoms with Crippen molar-refractivity contribution in [2.45, 2.75) is 20.0 Å². The number of nitrogens with zero attached hydrogens (tertiary/aromatic N) is 3. The molecule has 154 valence electrons. The number of carbonyl (C=O) groups excluding carboxylic acids is 1. The van der Waals surface area contributed by atoms with Crippen molar-refractivity contribution in [3.63, 3.8) is 0 Å². The van der Waals surface area contributed by atoms with Gasteiger partial charge in [-0.1, -0.05) is 24.3 Å². The molecule has 0 unspecified atom stereocenters. The molecule has 0 saturated carbocycles. The molecule has 2 aromatic carbocycles. The molecule has 1 aliphatic rings. The van der Waals surface area contributed by atoms with Crippen molar-refractivity contribution in [1.82, 2.24) is 9.97 Å². The molecule has 0 spiro atoms. The predicted octanol–water partition coefficient (Wildman–Crippen LogP) is 4.20. The Labute approximate surface area is 172 Å². The van der Waals surface area contributed by atoms with Gasteiger partial charge in [-0.2, -0.15) is 4.98 Å². The van der Waals surface area contributed by atoms with Crippen LogP contribution >= 0.6 is 0 Å². The summed E-state index contributed by atoms with van der Waals surface area (Å²) >= 11 is 0. The predicted molar refractivity (Wildman–Crippen MR) is 106 cm³/mol. The number of carbonyl (C=O) groups is 1. The Morgan fingerprint density at radius 1 is 1.13 bits per heavy atom. The van der Waals surface area contributed by atoms with Gasteiger partial charge in [0, 0.05) is 12.2 Å². The van der Waals surface area contributed by atoms with Gasteiger partial charge in [0.25, 0.3) is 0 Å². The fourth-order valence-electron chi connectivity index (χ4n) is 3.30. The molecule has 8 heteroatoms. The van der Waals surface area contributed by atoms with Crippen molar-refractivity contribution >= 4 is 17.6 Å². The second-order valence-corrected chi connectivity index (χ2v) is 6.63. The molecule has 0 radical (unpaired) electrons. The van der Waals surface area contributed by atoms with E-state index in [9.17, 15) is 13.6 Å². The largest absolute Gasteiger partial charge is 0.472 e. The molecule has 4 rings (SSSR count). The van der Waals surface area contributed by atoms with Gasteiger partial charge < -0.3 is 14.4 Å². The van der Waals surface area contributed by atoms with Crippen LogP contribution in [0.5, 0.6) is 5.88 Å². The lowest BCUT2D eigenvalue weighted by molar-refractivity contribution is 0.0519. The van der Waals surface area contributed by atoms with E-state index < -0.39 is 24.2 Å². The zero-order chi connectivity index (χ0) is 21.1. The number of hydrogen-bond donors (Lipinski definition) is 0. The Morgan fingerprint density at radius 2 is 1.90 bits per heavy atom. The van der Waals surface area contributed by atoms with E-state index in [2.05, 4.69) is 9.97 Å². The lowest BCUT2D eigenvalue weighted by Crippen LogP contribution is -2.19. The number of anilines is 2. The van der Waals surface area contributed by atoms with E-state index in [0.29, 0.717) is 12.5 Å². The van der Waals surface area contributed by atoms with Crippen molar-refractivity contribution < 1.29 is 23.0 Å². The van der Waals surface area contributed by atoms with Gasteiger partial charge in [0.05, 0.1) is 18.4 Å². The maximum absolute atomic E-state index is 14.0. The minimum atomic E-state index is -0.740. The molecule has 3 aromatic rings. The second-order valence-electron chi connectivity index (χ2n) is 6.63. The summed E-state index contributed by atoms with van der Waals surface area (Å²) in [6.07, 6.45) is 2.14. The summed E-state index contributed by atoms with van der Waals surface area (Å²) in [7, 11) is 0. The topological polar surface area (TPSA) is 64.5 Å². The molecule has 0 fully saturated rings. The van der Waals surface area contributed by atoms with Crippen LogP contribution in [0.3, 0.4) is 0 Å². The van der Waals surface area contributed by atoms with Crippen molar-refractivity contribution in [3.05, 3.63) is 77.0 Å². The van der Waals surface area contributed by atoms with E-state index in [4.69, 9.17) is 9.47 Å². The third kappa shape index (κ3) is 3.80. The average Bonchev–Trinajstić information content (AvgIpc) is 3.17. The van der Waals surface area contributed by atoms with Gasteiger partial charge >= 0.3 is 5.97 Å². The van der Waals surface area contributed by atoms with Crippen LogP contribution in [0.2, 0.25) is 0 Å². The minimum absolute atomic E-state index is 0.00942. The first kappa shape index (κ1) is 19.8. The van der Waals surface area contributed by atoms with Gasteiger partial charge in [-0.05, 0) is 37.1 Å². The number of aromatic nitrogens is 2. The van der Waals surface area contributed by atoms with Crippen molar-refractivity contribution in [2.24, 2.45) is 0 Å². The zero-order valence-electron chi connectivity index (χ0n) is 16.3. The van der Waals surface area contributed by atoms with Crippen LogP contribution in [0.4, 0.5) is 20.4 Å². The number of halogens is 2. The molecule has 1 aliphatic heterocycles. The van der Waals surface area contributed by atoms with Gasteiger partial charge in [-0.15, -0.1) is 0 Å². The lowest BCUT2D eigenvalue weighted by atomic mass is 10.2. The summed E-state index contributed by atoms with van der Waals surface area (Å²) in [5.41, 5.74) is 1.86. The molecule has 0 N–H and O–H groups in total. The molecule has 30 heavy (non-hydrogen) atoms. The van der Waals surface area contributed by atoms with E-state index in [1.165, 1.54) is 12.3 Å². The van der Waals surface area contributed by atoms with E-state index in [1.807, 2.05) is 29.2 Å². The zero-order valence-corrected chi connectivity index (χ0v) is 16.3. The number of ether oxygens (including phenoxy) is 2. The first-order chi connectivity index (χ1) is 14.6. The Bertz CT molecular complexity index is 1070. The Hall–Kier alpha value is -3.55. The highest BCUT2D eigenvalue weighted by atomic mass is 19.1. The Kier molecular flexibility index (Phi) is 5.56. The first-order valence-electron chi connectivity index (χ1n) is 9.53. The third-order valence-corrected chi connectivity index (χ3v) is 4.78. The molecule has 0 aliphatic carbocycles. The Morgan fingerprint density at radius 3 is 2.67 bits per heavy atom. The van der Waals surface area contributed by atoms with Crippen molar-refractivity contribution in [1.29, 1.82) is 0 Å². The maximum Gasteiger partial charge on any atom is 0.345 e. The van der Waals surface area contributed by atoms with Gasteiger partial charge in [0.2, 0.25) is 11.8 Å². The highest BCUT2D eigenvalue weighted by Gasteiger charge is 2.25. The first-order valence-corrected chi connectivity index (χ1v) is 9.53. The molecule has 0 atom stereocenters. The van der Waals surface area contributed by atoms with E-state index in [1.54, 1.807) is 6.92 Å². The number of benzene rings is 2. The van der Waals surface area contributed by atoms with Crippen LogP contribution in [-0.2, 0) is 17.8 Å². The van der Waals surface area contributed by atoms with Crippen LogP contribution < -0.4 is 9.64 Å². The van der Waals surface area contributed by atoms with E-state index >= 15 is 0 Å². The van der Waals surface area contributed by atoms with E-state index in [-0.39, 0.29) is 23.6 Å². The molecule has 6 nitrogen and oxygen atoms in total. The number of esters is 1. The molecular formula is C22H19F2N3O3. The monoisotopic (exact) mass is 411 g/mol. The van der Waals surface area contributed by atoms with E-state index in [0.717, 1.165) is 29.8 Å². The van der Waals surface area contributed by atoms with Crippen LogP contribution in [-0.4, -0.2) is 29.1 Å². The number of fused-ring (bicyclic) bond motifs is 1. The summed E-state index contributed by atoms with van der Waals surface area (Å²) < 4.78 is 38.6. The average molecular weight is 411 g/mol. The molecule has 0 amide bonds. The molecule has 2 heterocycles. The third-order valence-electron chi connectivity index (χ3n) is 4.78. The number of para-hydroxylation sites is 1. The summed E-state index contributed by atoms with van der Waals surface area (Å²) in [6, 6.07) is 11.4. The SMILES string of the molecule is CCOC(=O)c1cnc(N2CCc3ccccc32)nc1OCc1c(F)cccc1F.